The van der Waals surface area contributed by atoms with Crippen LogP contribution < -0.4 is 9.64 Å². The molecule has 1 aliphatic rings. The van der Waals surface area contributed by atoms with Crippen molar-refractivity contribution in [3.63, 3.8) is 0 Å². The molecule has 1 aromatic carbocycles. The van der Waals surface area contributed by atoms with Crippen LogP contribution in [0.5, 0.6) is 5.75 Å². The Hall–Kier alpha value is -2.67. The maximum Gasteiger partial charge on any atom is 0.157 e. The average Bonchev–Trinajstić information content (AvgIpc) is 3.20. The van der Waals surface area contributed by atoms with Crippen LogP contribution >= 0.6 is 0 Å². The lowest BCUT2D eigenvalue weighted by Gasteiger charge is -2.27. The molecular weight excluding hydrogens is 311 g/mol. The number of β-amino-alcohol motifs (C(OH)–C–C–N with tert-alkyl or cyclic N) is 1. The number of rotatable bonds is 3. The lowest BCUT2D eigenvalue weighted by atomic mass is 10.0. The van der Waals surface area contributed by atoms with Crippen LogP contribution in [0.1, 0.15) is 18.0 Å². The van der Waals surface area contributed by atoms with Gasteiger partial charge in [0.1, 0.15) is 17.4 Å². The fourth-order valence-corrected chi connectivity index (χ4v) is 3.29. The second-order valence-corrected chi connectivity index (χ2v) is 5.86. The molecule has 0 spiro atoms. The largest absolute Gasteiger partial charge is 0.496 e. The van der Waals surface area contributed by atoms with E-state index in [1.807, 2.05) is 23.2 Å². The number of methoxy groups -OCH3 is 1. The molecule has 7 heteroatoms. The van der Waals surface area contributed by atoms with Crippen molar-refractivity contribution < 1.29 is 14.2 Å². The first-order valence-electron chi connectivity index (χ1n) is 7.74. The maximum absolute atomic E-state index is 13.8. The topological polar surface area (TPSA) is 62.9 Å². The number of fused-ring (bicyclic) bond motifs is 1. The summed E-state index contributed by atoms with van der Waals surface area (Å²) in [5.74, 6) is 0.994. The normalized spacial score (nSPS) is 20.7. The van der Waals surface area contributed by atoms with Crippen molar-refractivity contribution >= 4 is 11.5 Å². The quantitative estimate of drug-likeness (QED) is 0.798. The molecule has 3 aromatic rings. The summed E-state index contributed by atoms with van der Waals surface area (Å²) in [6.07, 6.45) is 3.48. The Morgan fingerprint density at radius 2 is 2.17 bits per heavy atom. The average molecular weight is 328 g/mol. The van der Waals surface area contributed by atoms with Crippen LogP contribution in [0, 0.1) is 5.82 Å². The van der Waals surface area contributed by atoms with E-state index < -0.39 is 6.10 Å². The minimum atomic E-state index is -0.508. The van der Waals surface area contributed by atoms with Crippen LogP contribution in [-0.4, -0.2) is 39.5 Å². The van der Waals surface area contributed by atoms with Gasteiger partial charge in [-0.25, -0.2) is 13.9 Å². The number of aromatic nitrogens is 3. The number of nitrogens with zero attached hydrogens (tertiary/aromatic N) is 4. The van der Waals surface area contributed by atoms with Gasteiger partial charge in [-0.15, -0.1) is 0 Å². The number of halogens is 1. The highest BCUT2D eigenvalue weighted by atomic mass is 19.1. The van der Waals surface area contributed by atoms with Crippen LogP contribution in [0.2, 0.25) is 0 Å². The Kier molecular flexibility index (Phi) is 3.57. The van der Waals surface area contributed by atoms with E-state index in [9.17, 15) is 9.50 Å². The van der Waals surface area contributed by atoms with E-state index in [2.05, 4.69) is 10.1 Å². The molecule has 124 valence electrons. The van der Waals surface area contributed by atoms with Gasteiger partial charge in [0.25, 0.3) is 0 Å². The number of aliphatic hydroxyl groups excluding tert-OH is 1. The van der Waals surface area contributed by atoms with Crippen LogP contribution in [0.15, 0.2) is 42.7 Å². The van der Waals surface area contributed by atoms with Crippen LogP contribution in [-0.2, 0) is 0 Å². The van der Waals surface area contributed by atoms with Gasteiger partial charge in [-0.3, -0.25) is 0 Å². The molecule has 2 atom stereocenters. The van der Waals surface area contributed by atoms with Crippen molar-refractivity contribution in [1.82, 2.24) is 14.6 Å². The van der Waals surface area contributed by atoms with Crippen molar-refractivity contribution in [3.8, 4) is 5.75 Å². The number of benzene rings is 1. The molecule has 2 aromatic heterocycles. The fraction of sp³-hybridized carbons (Fsp3) is 0.294. The third-order valence-corrected chi connectivity index (χ3v) is 4.37. The summed E-state index contributed by atoms with van der Waals surface area (Å²) in [7, 11) is 1.56. The Bertz CT molecular complexity index is 882. The van der Waals surface area contributed by atoms with Crippen molar-refractivity contribution in [2.24, 2.45) is 0 Å². The van der Waals surface area contributed by atoms with E-state index in [1.54, 1.807) is 23.9 Å². The highest BCUT2D eigenvalue weighted by Gasteiger charge is 2.35. The Morgan fingerprint density at radius 3 is 3.00 bits per heavy atom. The number of aliphatic hydroxyl groups is 1. The van der Waals surface area contributed by atoms with Crippen molar-refractivity contribution in [1.29, 1.82) is 0 Å². The molecule has 0 aliphatic carbocycles. The van der Waals surface area contributed by atoms with E-state index in [-0.39, 0.29) is 11.9 Å². The molecule has 0 radical (unpaired) electrons. The molecule has 1 saturated heterocycles. The zero-order valence-corrected chi connectivity index (χ0v) is 13.1. The second kappa shape index (κ2) is 5.76. The molecule has 24 heavy (non-hydrogen) atoms. The van der Waals surface area contributed by atoms with E-state index in [1.165, 1.54) is 12.1 Å². The van der Waals surface area contributed by atoms with Gasteiger partial charge in [0, 0.05) is 24.4 Å². The molecule has 0 saturated carbocycles. The van der Waals surface area contributed by atoms with E-state index in [0.717, 1.165) is 11.5 Å². The van der Waals surface area contributed by atoms with Crippen LogP contribution in [0.4, 0.5) is 10.2 Å². The highest BCUT2D eigenvalue weighted by molar-refractivity contribution is 5.52. The SMILES string of the molecule is COc1ccc(F)cc1C1CC(O)CN1c1ccn2nccc2n1. The molecule has 2 unspecified atom stereocenters. The predicted octanol–water partition coefficient (Wildman–Crippen LogP) is 2.19. The first-order chi connectivity index (χ1) is 11.7. The summed E-state index contributed by atoms with van der Waals surface area (Å²) in [5.41, 5.74) is 1.43. The summed E-state index contributed by atoms with van der Waals surface area (Å²) in [6, 6.07) is 7.90. The number of hydrogen-bond acceptors (Lipinski definition) is 5. The molecule has 1 fully saturated rings. The van der Waals surface area contributed by atoms with Crippen molar-refractivity contribution in [3.05, 3.63) is 54.1 Å². The minimum absolute atomic E-state index is 0.205. The lowest BCUT2D eigenvalue weighted by molar-refractivity contribution is 0.194. The maximum atomic E-state index is 13.8. The summed E-state index contributed by atoms with van der Waals surface area (Å²) in [4.78, 5) is 6.57. The first-order valence-corrected chi connectivity index (χ1v) is 7.74. The van der Waals surface area contributed by atoms with Gasteiger partial charge in [-0.05, 0) is 30.7 Å². The Morgan fingerprint density at radius 1 is 1.29 bits per heavy atom. The summed E-state index contributed by atoms with van der Waals surface area (Å²) in [5, 5.41) is 14.3. The Balaban J connectivity index is 1.77. The van der Waals surface area contributed by atoms with Gasteiger partial charge in [-0.2, -0.15) is 5.10 Å². The van der Waals surface area contributed by atoms with Gasteiger partial charge < -0.3 is 14.7 Å². The number of hydrogen-bond donors (Lipinski definition) is 1. The lowest BCUT2D eigenvalue weighted by Crippen LogP contribution is -2.25. The third kappa shape index (κ3) is 2.46. The smallest absolute Gasteiger partial charge is 0.157 e. The van der Waals surface area contributed by atoms with E-state index >= 15 is 0 Å². The number of anilines is 1. The van der Waals surface area contributed by atoms with E-state index in [4.69, 9.17) is 4.74 Å². The zero-order valence-electron chi connectivity index (χ0n) is 13.1. The molecule has 6 nitrogen and oxygen atoms in total. The second-order valence-electron chi connectivity index (χ2n) is 5.86. The predicted molar refractivity (Wildman–Crippen MR) is 86.6 cm³/mol. The third-order valence-electron chi connectivity index (χ3n) is 4.37. The van der Waals surface area contributed by atoms with E-state index in [0.29, 0.717) is 24.3 Å². The molecule has 0 bridgehead atoms. The van der Waals surface area contributed by atoms with Gasteiger partial charge >= 0.3 is 0 Å². The van der Waals surface area contributed by atoms with Crippen molar-refractivity contribution in [2.45, 2.75) is 18.6 Å². The van der Waals surface area contributed by atoms with Gasteiger partial charge in [-0.1, -0.05) is 0 Å². The first kappa shape index (κ1) is 14.9. The Labute approximate surface area is 138 Å². The zero-order chi connectivity index (χ0) is 16.7. The molecule has 0 amide bonds. The minimum Gasteiger partial charge on any atom is -0.496 e. The highest BCUT2D eigenvalue weighted by Crippen LogP contribution is 2.39. The summed E-state index contributed by atoms with van der Waals surface area (Å²) >= 11 is 0. The molecule has 3 heterocycles. The fourth-order valence-electron chi connectivity index (χ4n) is 3.29. The van der Waals surface area contributed by atoms with Crippen LogP contribution in [0.25, 0.3) is 5.65 Å². The van der Waals surface area contributed by atoms with Gasteiger partial charge in [0.05, 0.1) is 25.5 Å². The van der Waals surface area contributed by atoms with Gasteiger partial charge in [0.15, 0.2) is 5.65 Å². The standard InChI is InChI=1S/C17H17FN4O2/c1-24-15-3-2-11(18)8-13(15)14-9-12(23)10-21(14)16-5-7-22-17(20-16)4-6-19-22/h2-8,12,14,23H,9-10H2,1H3. The summed E-state index contributed by atoms with van der Waals surface area (Å²) < 4.78 is 20.8. The molecule has 1 N–H and O–H groups in total. The number of ether oxygens (including phenoxy) is 1. The molecular formula is C17H17FN4O2. The van der Waals surface area contributed by atoms with Crippen molar-refractivity contribution in [2.75, 3.05) is 18.6 Å². The monoisotopic (exact) mass is 328 g/mol. The van der Waals surface area contributed by atoms with Gasteiger partial charge in [0.2, 0.25) is 0 Å². The molecule has 1 aliphatic heterocycles. The summed E-state index contributed by atoms with van der Waals surface area (Å²) in [6.45, 7) is 0.432. The molecule has 4 rings (SSSR count). The van der Waals surface area contributed by atoms with Crippen LogP contribution in [0.3, 0.4) is 0 Å².